The Bertz CT molecular complexity index is 1100. The Balaban J connectivity index is 1.51. The van der Waals surface area contributed by atoms with E-state index in [1.54, 1.807) is 31.2 Å². The molecule has 2 heterocycles. The summed E-state index contributed by atoms with van der Waals surface area (Å²) < 4.78 is 51.9. The third-order valence-corrected chi connectivity index (χ3v) is 8.28. The molecule has 1 N–H and O–H groups in total. The molecule has 2 aliphatic rings. The SMILES string of the molecule is Cc1ccc(C(=O)NCC(c2ccc(F)cc2)N2CCOCC2)cc1S(=O)(=O)N1CCOCC1. The predicted molar refractivity (Wildman–Crippen MR) is 125 cm³/mol. The lowest BCUT2D eigenvalue weighted by Gasteiger charge is -2.35. The quantitative estimate of drug-likeness (QED) is 0.637. The van der Waals surface area contributed by atoms with Gasteiger partial charge in [-0.2, -0.15) is 4.31 Å². The van der Waals surface area contributed by atoms with Gasteiger partial charge in [0.2, 0.25) is 10.0 Å². The first-order valence-electron chi connectivity index (χ1n) is 11.4. The molecular weight excluding hydrogens is 461 g/mol. The molecule has 0 spiro atoms. The van der Waals surface area contributed by atoms with Crippen molar-refractivity contribution in [3.8, 4) is 0 Å². The number of carbonyl (C=O) groups excluding carboxylic acids is 1. The van der Waals surface area contributed by atoms with Crippen LogP contribution in [0.5, 0.6) is 0 Å². The van der Waals surface area contributed by atoms with Crippen LogP contribution in [0.1, 0.15) is 27.5 Å². The Morgan fingerprint density at radius 2 is 1.62 bits per heavy atom. The van der Waals surface area contributed by atoms with Crippen LogP contribution < -0.4 is 5.32 Å². The molecule has 8 nitrogen and oxygen atoms in total. The highest BCUT2D eigenvalue weighted by Crippen LogP contribution is 2.24. The summed E-state index contributed by atoms with van der Waals surface area (Å²) in [5.41, 5.74) is 1.75. The average Bonchev–Trinajstić information content (AvgIpc) is 2.86. The Kier molecular flexibility index (Phi) is 7.95. The van der Waals surface area contributed by atoms with Gasteiger partial charge in [0.1, 0.15) is 5.82 Å². The molecule has 0 aliphatic carbocycles. The molecule has 1 unspecified atom stereocenters. The number of nitrogens with one attached hydrogen (secondary N) is 1. The molecule has 2 fully saturated rings. The molecule has 1 atom stereocenters. The van der Waals surface area contributed by atoms with Crippen LogP contribution >= 0.6 is 0 Å². The largest absolute Gasteiger partial charge is 0.379 e. The van der Waals surface area contributed by atoms with Crippen molar-refractivity contribution in [3.63, 3.8) is 0 Å². The second kappa shape index (κ2) is 10.9. The van der Waals surface area contributed by atoms with Crippen LogP contribution in [-0.4, -0.2) is 82.7 Å². The molecule has 2 saturated heterocycles. The maximum absolute atomic E-state index is 13.5. The van der Waals surface area contributed by atoms with Gasteiger partial charge >= 0.3 is 0 Å². The zero-order valence-corrected chi connectivity index (χ0v) is 20.0. The lowest BCUT2D eigenvalue weighted by Crippen LogP contribution is -2.44. The first-order chi connectivity index (χ1) is 16.4. The number of halogens is 1. The van der Waals surface area contributed by atoms with Crippen molar-refractivity contribution in [3.05, 3.63) is 65.0 Å². The summed E-state index contributed by atoms with van der Waals surface area (Å²) in [7, 11) is -3.73. The average molecular weight is 492 g/mol. The number of ether oxygens (including phenoxy) is 2. The van der Waals surface area contributed by atoms with E-state index in [-0.39, 0.29) is 41.3 Å². The number of hydrogen-bond donors (Lipinski definition) is 1. The smallest absolute Gasteiger partial charge is 0.251 e. The molecule has 1 amide bonds. The van der Waals surface area contributed by atoms with Crippen LogP contribution in [0.3, 0.4) is 0 Å². The van der Waals surface area contributed by atoms with Crippen LogP contribution in [-0.2, 0) is 19.5 Å². The molecule has 0 saturated carbocycles. The van der Waals surface area contributed by atoms with Crippen molar-refractivity contribution < 1.29 is 27.1 Å². The number of morpholine rings is 2. The number of nitrogens with zero attached hydrogens (tertiary/aromatic N) is 2. The second-order valence-corrected chi connectivity index (χ2v) is 10.3. The zero-order chi connectivity index (χ0) is 24.1. The van der Waals surface area contributed by atoms with Crippen molar-refractivity contribution >= 4 is 15.9 Å². The fraction of sp³-hybridized carbons (Fsp3) is 0.458. The summed E-state index contributed by atoms with van der Waals surface area (Å²) in [6.45, 7) is 5.87. The fourth-order valence-corrected chi connectivity index (χ4v) is 5.93. The fourth-order valence-electron chi connectivity index (χ4n) is 4.27. The molecule has 184 valence electrons. The maximum Gasteiger partial charge on any atom is 0.251 e. The Morgan fingerprint density at radius 1 is 1.00 bits per heavy atom. The molecule has 2 aliphatic heterocycles. The van der Waals surface area contributed by atoms with E-state index in [0.29, 0.717) is 51.6 Å². The highest BCUT2D eigenvalue weighted by molar-refractivity contribution is 7.89. The van der Waals surface area contributed by atoms with Gasteiger partial charge in [-0.1, -0.05) is 18.2 Å². The summed E-state index contributed by atoms with van der Waals surface area (Å²) in [6, 6.07) is 10.8. The summed E-state index contributed by atoms with van der Waals surface area (Å²) in [5.74, 6) is -0.680. The van der Waals surface area contributed by atoms with Gasteiger partial charge in [-0.3, -0.25) is 9.69 Å². The van der Waals surface area contributed by atoms with E-state index in [1.165, 1.54) is 22.5 Å². The second-order valence-electron chi connectivity index (χ2n) is 8.42. The van der Waals surface area contributed by atoms with Crippen molar-refractivity contribution in [2.75, 3.05) is 59.2 Å². The molecule has 10 heteroatoms. The van der Waals surface area contributed by atoms with Gasteiger partial charge in [0.25, 0.3) is 5.91 Å². The van der Waals surface area contributed by atoms with E-state index >= 15 is 0 Å². The van der Waals surface area contributed by atoms with Gasteiger partial charge in [0, 0.05) is 38.3 Å². The standard InChI is InChI=1S/C24H30FN3O5S/c1-18-2-3-20(16-23(18)34(30,31)28-10-14-33-15-11-28)24(29)26-17-22(27-8-12-32-13-9-27)19-4-6-21(25)7-5-19/h2-7,16,22H,8-15,17H2,1H3,(H,26,29). The first-order valence-corrected chi connectivity index (χ1v) is 12.8. The molecule has 0 aromatic heterocycles. The van der Waals surface area contributed by atoms with Crippen molar-refractivity contribution in [1.29, 1.82) is 0 Å². The number of amides is 1. The van der Waals surface area contributed by atoms with Crippen molar-refractivity contribution in [2.24, 2.45) is 0 Å². The molecule has 0 radical (unpaired) electrons. The Hall–Kier alpha value is -2.37. The molecule has 4 rings (SSSR count). The number of hydrogen-bond acceptors (Lipinski definition) is 6. The van der Waals surface area contributed by atoms with E-state index in [2.05, 4.69) is 10.2 Å². The minimum absolute atomic E-state index is 0.130. The Morgan fingerprint density at radius 3 is 2.26 bits per heavy atom. The summed E-state index contributed by atoms with van der Waals surface area (Å²) in [5, 5.41) is 2.94. The van der Waals surface area contributed by atoms with Crippen molar-refractivity contribution in [1.82, 2.24) is 14.5 Å². The molecule has 2 aromatic carbocycles. The van der Waals surface area contributed by atoms with Gasteiger partial charge < -0.3 is 14.8 Å². The number of benzene rings is 2. The predicted octanol–water partition coefficient (Wildman–Crippen LogP) is 1.96. The van der Waals surface area contributed by atoms with Gasteiger partial charge in [0.15, 0.2) is 0 Å². The normalized spacial score (nSPS) is 19.0. The van der Waals surface area contributed by atoms with E-state index < -0.39 is 10.0 Å². The lowest BCUT2D eigenvalue weighted by atomic mass is 10.0. The Labute approximate surface area is 199 Å². The summed E-state index contributed by atoms with van der Waals surface area (Å²) in [4.78, 5) is 15.4. The zero-order valence-electron chi connectivity index (χ0n) is 19.2. The molecule has 34 heavy (non-hydrogen) atoms. The third-order valence-electron chi connectivity index (χ3n) is 6.24. The van der Waals surface area contributed by atoms with Crippen molar-refractivity contribution in [2.45, 2.75) is 17.9 Å². The van der Waals surface area contributed by atoms with Crippen LogP contribution in [0, 0.1) is 12.7 Å². The van der Waals surface area contributed by atoms with Crippen LogP contribution in [0.25, 0.3) is 0 Å². The molecular formula is C24H30FN3O5S. The lowest BCUT2D eigenvalue weighted by molar-refractivity contribution is 0.0162. The van der Waals surface area contributed by atoms with Gasteiger partial charge in [-0.15, -0.1) is 0 Å². The van der Waals surface area contributed by atoms with Crippen LogP contribution in [0.4, 0.5) is 4.39 Å². The van der Waals surface area contributed by atoms with E-state index in [0.717, 1.165) is 5.56 Å². The number of carbonyl (C=O) groups is 1. The number of aryl methyl sites for hydroxylation is 1. The third kappa shape index (κ3) is 5.64. The number of rotatable bonds is 7. The molecule has 0 bridgehead atoms. The number of sulfonamides is 1. The monoisotopic (exact) mass is 491 g/mol. The molecule has 2 aromatic rings. The van der Waals surface area contributed by atoms with Gasteiger partial charge in [-0.05, 0) is 42.3 Å². The minimum atomic E-state index is -3.73. The summed E-state index contributed by atoms with van der Waals surface area (Å²) >= 11 is 0. The maximum atomic E-state index is 13.5. The van der Waals surface area contributed by atoms with E-state index in [1.807, 2.05) is 0 Å². The minimum Gasteiger partial charge on any atom is -0.379 e. The van der Waals surface area contributed by atoms with Crippen LogP contribution in [0.15, 0.2) is 47.4 Å². The highest BCUT2D eigenvalue weighted by Gasteiger charge is 2.29. The van der Waals surface area contributed by atoms with E-state index in [9.17, 15) is 17.6 Å². The van der Waals surface area contributed by atoms with Gasteiger partial charge in [0.05, 0.1) is 37.4 Å². The topological polar surface area (TPSA) is 88.2 Å². The first kappa shape index (κ1) is 24.7. The van der Waals surface area contributed by atoms with E-state index in [4.69, 9.17) is 9.47 Å². The van der Waals surface area contributed by atoms with Crippen LogP contribution in [0.2, 0.25) is 0 Å². The summed E-state index contributed by atoms with van der Waals surface area (Å²) in [6.07, 6.45) is 0. The highest BCUT2D eigenvalue weighted by atomic mass is 32.2. The van der Waals surface area contributed by atoms with Gasteiger partial charge in [-0.25, -0.2) is 12.8 Å².